The van der Waals surface area contributed by atoms with Crippen molar-refractivity contribution in [2.75, 3.05) is 25.0 Å². The minimum Gasteiger partial charge on any atom is -0.334 e. The topological polar surface area (TPSA) is 131 Å². The summed E-state index contributed by atoms with van der Waals surface area (Å²) in [6.45, 7) is 4.03. The fourth-order valence-corrected chi connectivity index (χ4v) is 4.35. The van der Waals surface area contributed by atoms with E-state index < -0.39 is 11.7 Å². The van der Waals surface area contributed by atoms with Crippen molar-refractivity contribution in [2.45, 2.75) is 32.6 Å². The van der Waals surface area contributed by atoms with Gasteiger partial charge in [0, 0.05) is 32.1 Å². The second kappa shape index (κ2) is 9.57. The van der Waals surface area contributed by atoms with Crippen LogP contribution in [0, 0.1) is 23.6 Å². The Balaban J connectivity index is 1.33. The van der Waals surface area contributed by atoms with E-state index in [9.17, 15) is 14.0 Å². The summed E-state index contributed by atoms with van der Waals surface area (Å²) in [4.78, 5) is 36.4. The molecule has 2 aromatic heterocycles. The molecule has 2 amide bonds. The van der Waals surface area contributed by atoms with Gasteiger partial charge in [-0.2, -0.15) is 0 Å². The van der Waals surface area contributed by atoms with E-state index in [4.69, 9.17) is 10.8 Å². The Morgan fingerprint density at radius 2 is 1.97 bits per heavy atom. The predicted molar refractivity (Wildman–Crippen MR) is 136 cm³/mol. The molecule has 0 radical (unpaired) electrons. The Morgan fingerprint density at radius 1 is 1.19 bits per heavy atom. The highest BCUT2D eigenvalue weighted by Crippen LogP contribution is 2.39. The average Bonchev–Trinajstić information content (AvgIpc) is 3.60. The minimum absolute atomic E-state index is 0.0142. The number of nitrogens with zero attached hydrogens (tertiary/aromatic N) is 5. The molecule has 11 heteroatoms. The van der Waals surface area contributed by atoms with Crippen molar-refractivity contribution in [1.82, 2.24) is 24.3 Å². The maximum Gasteiger partial charge on any atom is 0.259 e. The van der Waals surface area contributed by atoms with Crippen molar-refractivity contribution >= 4 is 29.3 Å². The third-order valence-corrected chi connectivity index (χ3v) is 6.62. The van der Waals surface area contributed by atoms with Gasteiger partial charge in [-0.05, 0) is 49.6 Å². The van der Waals surface area contributed by atoms with Crippen molar-refractivity contribution in [2.24, 2.45) is 0 Å². The van der Waals surface area contributed by atoms with Crippen molar-refractivity contribution < 1.29 is 14.0 Å². The number of amidine groups is 2. The molecular weight excluding hydrogens is 475 g/mol. The van der Waals surface area contributed by atoms with Crippen LogP contribution >= 0.6 is 0 Å². The summed E-state index contributed by atoms with van der Waals surface area (Å²) in [7, 11) is 0. The number of piperazine rings is 1. The number of hydrogen-bond acceptors (Lipinski definition) is 6. The predicted octanol–water partition coefficient (Wildman–Crippen LogP) is 3.31. The molecule has 0 bridgehead atoms. The van der Waals surface area contributed by atoms with Crippen molar-refractivity contribution in [3.8, 4) is 5.69 Å². The molecule has 190 valence electrons. The molecule has 3 aromatic rings. The Labute approximate surface area is 213 Å². The van der Waals surface area contributed by atoms with Gasteiger partial charge in [0.2, 0.25) is 5.91 Å². The first kappa shape index (κ1) is 24.3. The van der Waals surface area contributed by atoms with Crippen LogP contribution in [0.2, 0.25) is 0 Å². The van der Waals surface area contributed by atoms with Crippen molar-refractivity contribution in [3.63, 3.8) is 0 Å². The van der Waals surface area contributed by atoms with Gasteiger partial charge in [0.1, 0.15) is 23.2 Å². The molecule has 0 spiro atoms. The van der Waals surface area contributed by atoms with Gasteiger partial charge in [-0.25, -0.2) is 14.4 Å². The summed E-state index contributed by atoms with van der Waals surface area (Å²) in [5.41, 5.74) is 2.45. The number of amides is 2. The summed E-state index contributed by atoms with van der Waals surface area (Å²) in [6.07, 6.45) is 5.84. The van der Waals surface area contributed by atoms with E-state index in [-0.39, 0.29) is 41.2 Å². The van der Waals surface area contributed by atoms with Gasteiger partial charge in [-0.1, -0.05) is 6.07 Å². The highest BCUT2D eigenvalue weighted by atomic mass is 19.1. The molecule has 1 aliphatic carbocycles. The Morgan fingerprint density at radius 3 is 2.68 bits per heavy atom. The number of aromatic nitrogens is 3. The number of halogens is 1. The van der Waals surface area contributed by atoms with E-state index in [1.54, 1.807) is 36.0 Å². The van der Waals surface area contributed by atoms with Crippen molar-refractivity contribution in [1.29, 1.82) is 10.8 Å². The minimum atomic E-state index is -0.666. The quantitative estimate of drug-likeness (QED) is 0.364. The summed E-state index contributed by atoms with van der Waals surface area (Å²) >= 11 is 0. The number of carbonyl (C=O) groups excluding carboxylic acids is 2. The van der Waals surface area contributed by atoms with E-state index in [1.165, 1.54) is 28.9 Å². The van der Waals surface area contributed by atoms with Crippen LogP contribution < -0.4 is 5.32 Å². The first-order chi connectivity index (χ1) is 17.7. The van der Waals surface area contributed by atoms with Gasteiger partial charge in [0.15, 0.2) is 5.84 Å². The number of rotatable bonds is 5. The number of benzene rings is 1. The standard InChI is InChI=1S/C26H27FN8O2/c1-15-10-19(27)18(11-22(15)34-12-21(30-14-34)17-6-7-17)26(37)32-24-5-3-4-20(31-24)25(29)35-9-8-33(16(2)36)13-23(35)28/h3-5,10-12,14,17,28-29H,6-9,13H2,1-2H3,(H,31,32,37). The normalized spacial score (nSPS) is 15.6. The van der Waals surface area contributed by atoms with E-state index in [0.717, 1.165) is 18.5 Å². The fraction of sp³-hybridized carbons (Fsp3) is 0.308. The van der Waals surface area contributed by atoms with Crippen LogP contribution in [-0.4, -0.2) is 67.5 Å². The molecule has 0 unspecified atom stereocenters. The van der Waals surface area contributed by atoms with E-state index >= 15 is 0 Å². The summed E-state index contributed by atoms with van der Waals surface area (Å²) in [5, 5.41) is 19.4. The number of carbonyl (C=O) groups is 2. The SMILES string of the molecule is CC(=O)N1CCN(C(=N)c2cccc(NC(=O)c3cc(-n4cnc(C5CC5)c4)c(C)cc3F)n2)C(=N)C1. The van der Waals surface area contributed by atoms with Crippen LogP contribution in [-0.2, 0) is 4.79 Å². The molecule has 10 nitrogen and oxygen atoms in total. The second-order valence-corrected chi connectivity index (χ2v) is 9.35. The number of aryl methyl sites for hydroxylation is 1. The molecule has 1 saturated carbocycles. The van der Waals surface area contributed by atoms with Crippen LogP contribution in [0.25, 0.3) is 5.69 Å². The van der Waals surface area contributed by atoms with Gasteiger partial charge in [-0.3, -0.25) is 20.4 Å². The highest BCUT2D eigenvalue weighted by Gasteiger charge is 2.28. The third kappa shape index (κ3) is 4.97. The molecular formula is C26H27FN8O2. The Kier molecular flexibility index (Phi) is 6.28. The molecule has 1 aliphatic heterocycles. The number of imidazole rings is 1. The highest BCUT2D eigenvalue weighted by molar-refractivity contribution is 6.08. The van der Waals surface area contributed by atoms with Gasteiger partial charge < -0.3 is 19.7 Å². The Bertz CT molecular complexity index is 1430. The zero-order valence-electron chi connectivity index (χ0n) is 20.6. The molecule has 1 aromatic carbocycles. The lowest BCUT2D eigenvalue weighted by molar-refractivity contribution is -0.128. The van der Waals surface area contributed by atoms with Crippen LogP contribution in [0.3, 0.4) is 0 Å². The molecule has 1 saturated heterocycles. The average molecular weight is 503 g/mol. The smallest absolute Gasteiger partial charge is 0.259 e. The van der Waals surface area contributed by atoms with Gasteiger partial charge in [0.25, 0.3) is 5.91 Å². The lowest BCUT2D eigenvalue weighted by Crippen LogP contribution is -2.53. The largest absolute Gasteiger partial charge is 0.334 e. The Hall–Kier alpha value is -4.41. The van der Waals surface area contributed by atoms with Crippen LogP contribution in [0.4, 0.5) is 10.2 Å². The molecule has 3 heterocycles. The fourth-order valence-electron chi connectivity index (χ4n) is 4.35. The zero-order valence-corrected chi connectivity index (χ0v) is 20.6. The molecule has 37 heavy (non-hydrogen) atoms. The molecule has 5 rings (SSSR count). The zero-order chi connectivity index (χ0) is 26.3. The number of hydrogen-bond donors (Lipinski definition) is 3. The molecule has 2 fully saturated rings. The monoisotopic (exact) mass is 502 g/mol. The van der Waals surface area contributed by atoms with Crippen LogP contribution in [0.1, 0.15) is 53.0 Å². The molecule has 2 aliphatic rings. The lowest BCUT2D eigenvalue weighted by Gasteiger charge is -2.35. The van der Waals surface area contributed by atoms with Gasteiger partial charge >= 0.3 is 0 Å². The number of anilines is 1. The first-order valence-corrected chi connectivity index (χ1v) is 12.0. The summed E-state index contributed by atoms with van der Waals surface area (Å²) < 4.78 is 16.6. The van der Waals surface area contributed by atoms with Crippen LogP contribution in [0.15, 0.2) is 42.9 Å². The van der Waals surface area contributed by atoms with Crippen molar-refractivity contribution in [3.05, 3.63) is 71.2 Å². The second-order valence-electron chi connectivity index (χ2n) is 9.35. The molecule has 3 N–H and O–H groups in total. The molecule has 0 atom stereocenters. The third-order valence-electron chi connectivity index (χ3n) is 6.62. The van der Waals surface area contributed by atoms with Crippen LogP contribution in [0.5, 0.6) is 0 Å². The van der Waals surface area contributed by atoms with Gasteiger partial charge in [0.05, 0.1) is 29.8 Å². The lowest BCUT2D eigenvalue weighted by atomic mass is 10.1. The maximum absolute atomic E-state index is 14.8. The van der Waals surface area contributed by atoms with E-state index in [2.05, 4.69) is 15.3 Å². The maximum atomic E-state index is 14.8. The number of pyridine rings is 1. The first-order valence-electron chi connectivity index (χ1n) is 12.0. The van der Waals surface area contributed by atoms with E-state index in [0.29, 0.717) is 30.3 Å². The number of nitrogens with one attached hydrogen (secondary N) is 3. The van der Waals surface area contributed by atoms with Gasteiger partial charge in [-0.15, -0.1) is 0 Å². The van der Waals surface area contributed by atoms with E-state index in [1.807, 2.05) is 6.20 Å². The summed E-state index contributed by atoms with van der Waals surface area (Å²) in [6, 6.07) is 7.61. The summed E-state index contributed by atoms with van der Waals surface area (Å²) in [5.74, 6) is -0.713.